The van der Waals surface area contributed by atoms with E-state index in [0.717, 1.165) is 44.9 Å². The Bertz CT molecular complexity index is 308. The number of likely N-dealkylation sites (tertiary alicyclic amines) is 1. The third kappa shape index (κ3) is 5.09. The number of rotatable bonds is 4. The average Bonchev–Trinajstić information content (AvgIpc) is 2.43. The van der Waals surface area contributed by atoms with Gasteiger partial charge in [-0.3, -0.25) is 9.79 Å². The van der Waals surface area contributed by atoms with E-state index in [9.17, 15) is 4.79 Å². The summed E-state index contributed by atoms with van der Waals surface area (Å²) in [5.41, 5.74) is 0. The molecule has 0 atom stereocenters. The number of methoxy groups -OCH3 is 1. The average molecular weight is 269 g/mol. The summed E-state index contributed by atoms with van der Waals surface area (Å²) >= 11 is 0. The van der Waals surface area contributed by atoms with E-state index in [1.54, 1.807) is 0 Å². The number of guanidine groups is 1. The molecule has 5 heteroatoms. The Morgan fingerprint density at radius 1 is 1.42 bits per heavy atom. The number of piperidine rings is 1. The quantitative estimate of drug-likeness (QED) is 0.477. The molecule has 0 amide bonds. The second-order valence-electron chi connectivity index (χ2n) is 5.44. The SMILES string of the molecule is CN=C(NCCC(C)C)N1CCC(C(=O)OC)CC1. The third-order valence-corrected chi connectivity index (χ3v) is 3.55. The number of nitrogens with one attached hydrogen (secondary N) is 1. The van der Waals surface area contributed by atoms with Crippen LogP contribution in [0, 0.1) is 11.8 Å². The summed E-state index contributed by atoms with van der Waals surface area (Å²) in [6.45, 7) is 7.10. The zero-order valence-corrected chi connectivity index (χ0v) is 12.6. The predicted molar refractivity (Wildman–Crippen MR) is 77.1 cm³/mol. The number of hydrogen-bond acceptors (Lipinski definition) is 3. The molecule has 0 aliphatic carbocycles. The fraction of sp³-hybridized carbons (Fsp3) is 0.857. The van der Waals surface area contributed by atoms with E-state index in [1.165, 1.54) is 7.11 Å². The molecule has 0 radical (unpaired) electrons. The van der Waals surface area contributed by atoms with Crippen LogP contribution >= 0.6 is 0 Å². The highest BCUT2D eigenvalue weighted by Crippen LogP contribution is 2.18. The smallest absolute Gasteiger partial charge is 0.308 e. The molecule has 5 nitrogen and oxygen atoms in total. The summed E-state index contributed by atoms with van der Waals surface area (Å²) in [6, 6.07) is 0. The molecule has 0 saturated carbocycles. The second kappa shape index (κ2) is 8.02. The van der Waals surface area contributed by atoms with E-state index < -0.39 is 0 Å². The zero-order valence-electron chi connectivity index (χ0n) is 12.6. The molecule has 1 saturated heterocycles. The minimum absolute atomic E-state index is 0.0509. The van der Waals surface area contributed by atoms with Crippen molar-refractivity contribution in [2.45, 2.75) is 33.1 Å². The number of carbonyl (C=O) groups is 1. The van der Waals surface area contributed by atoms with Gasteiger partial charge in [0.05, 0.1) is 13.0 Å². The number of esters is 1. The van der Waals surface area contributed by atoms with Crippen LogP contribution in [0.1, 0.15) is 33.1 Å². The molecule has 1 heterocycles. The van der Waals surface area contributed by atoms with Crippen molar-refractivity contribution >= 4 is 11.9 Å². The zero-order chi connectivity index (χ0) is 14.3. The Morgan fingerprint density at radius 3 is 2.53 bits per heavy atom. The molecule has 0 unspecified atom stereocenters. The van der Waals surface area contributed by atoms with Gasteiger partial charge >= 0.3 is 5.97 Å². The Hall–Kier alpha value is -1.26. The van der Waals surface area contributed by atoms with Crippen LogP contribution < -0.4 is 5.32 Å². The van der Waals surface area contributed by atoms with Gasteiger partial charge in [0.25, 0.3) is 0 Å². The Morgan fingerprint density at radius 2 is 2.05 bits per heavy atom. The molecule has 0 aromatic carbocycles. The molecule has 0 aromatic heterocycles. The monoisotopic (exact) mass is 269 g/mol. The fourth-order valence-corrected chi connectivity index (χ4v) is 2.30. The lowest BCUT2D eigenvalue weighted by Gasteiger charge is -2.33. The van der Waals surface area contributed by atoms with Crippen LogP contribution in [0.2, 0.25) is 0 Å². The van der Waals surface area contributed by atoms with E-state index in [0.29, 0.717) is 5.92 Å². The maximum absolute atomic E-state index is 11.5. The van der Waals surface area contributed by atoms with Crippen LogP contribution in [0.4, 0.5) is 0 Å². The first kappa shape index (κ1) is 15.8. The first-order chi connectivity index (χ1) is 9.08. The molecular weight excluding hydrogens is 242 g/mol. The number of nitrogens with zero attached hydrogens (tertiary/aromatic N) is 2. The molecule has 0 spiro atoms. The Kier molecular flexibility index (Phi) is 6.67. The van der Waals surface area contributed by atoms with E-state index in [1.807, 2.05) is 7.05 Å². The normalized spacial score (nSPS) is 17.7. The van der Waals surface area contributed by atoms with Gasteiger partial charge in [0.2, 0.25) is 0 Å². The minimum atomic E-state index is -0.0811. The molecule has 0 aromatic rings. The lowest BCUT2D eigenvalue weighted by atomic mass is 9.97. The second-order valence-corrected chi connectivity index (χ2v) is 5.44. The van der Waals surface area contributed by atoms with Gasteiger partial charge in [-0.05, 0) is 25.2 Å². The molecule has 1 rings (SSSR count). The van der Waals surface area contributed by atoms with Crippen LogP contribution in [0.25, 0.3) is 0 Å². The topological polar surface area (TPSA) is 53.9 Å². The van der Waals surface area contributed by atoms with Crippen molar-refractivity contribution in [2.75, 3.05) is 33.8 Å². The van der Waals surface area contributed by atoms with Crippen LogP contribution in [0.3, 0.4) is 0 Å². The first-order valence-corrected chi connectivity index (χ1v) is 7.12. The van der Waals surface area contributed by atoms with Gasteiger partial charge in [-0.15, -0.1) is 0 Å². The van der Waals surface area contributed by atoms with Crippen molar-refractivity contribution < 1.29 is 9.53 Å². The van der Waals surface area contributed by atoms with E-state index >= 15 is 0 Å². The summed E-state index contributed by atoms with van der Waals surface area (Å²) in [5, 5.41) is 3.39. The van der Waals surface area contributed by atoms with Gasteiger partial charge in [0.1, 0.15) is 0 Å². The van der Waals surface area contributed by atoms with Crippen LogP contribution in [0.5, 0.6) is 0 Å². The van der Waals surface area contributed by atoms with E-state index in [-0.39, 0.29) is 11.9 Å². The van der Waals surface area contributed by atoms with Crippen molar-refractivity contribution in [1.29, 1.82) is 0 Å². The van der Waals surface area contributed by atoms with Crippen molar-refractivity contribution in [2.24, 2.45) is 16.8 Å². The predicted octanol–water partition coefficient (Wildman–Crippen LogP) is 1.49. The van der Waals surface area contributed by atoms with Gasteiger partial charge in [0, 0.05) is 26.7 Å². The maximum Gasteiger partial charge on any atom is 0.308 e. The van der Waals surface area contributed by atoms with Crippen LogP contribution in [-0.4, -0.2) is 50.6 Å². The molecule has 0 bridgehead atoms. The number of carbonyl (C=O) groups excluding carboxylic acids is 1. The van der Waals surface area contributed by atoms with Crippen LogP contribution in [0.15, 0.2) is 4.99 Å². The largest absolute Gasteiger partial charge is 0.469 e. The molecule has 110 valence electrons. The lowest BCUT2D eigenvalue weighted by molar-refractivity contribution is -0.146. The van der Waals surface area contributed by atoms with Crippen molar-refractivity contribution in [1.82, 2.24) is 10.2 Å². The van der Waals surface area contributed by atoms with Gasteiger partial charge < -0.3 is 15.0 Å². The summed E-state index contributed by atoms with van der Waals surface area (Å²) in [5.74, 6) is 1.61. The summed E-state index contributed by atoms with van der Waals surface area (Å²) in [6.07, 6.45) is 2.83. The Labute approximate surface area is 116 Å². The van der Waals surface area contributed by atoms with Gasteiger partial charge in [-0.1, -0.05) is 13.8 Å². The standard InChI is InChI=1S/C14H27N3O2/c1-11(2)5-8-16-14(15-3)17-9-6-12(7-10-17)13(18)19-4/h11-12H,5-10H2,1-4H3,(H,15,16). The number of aliphatic imine (C=N–C) groups is 1. The minimum Gasteiger partial charge on any atom is -0.469 e. The van der Waals surface area contributed by atoms with Gasteiger partial charge in [-0.25, -0.2) is 0 Å². The van der Waals surface area contributed by atoms with E-state index in [4.69, 9.17) is 4.74 Å². The molecular formula is C14H27N3O2. The first-order valence-electron chi connectivity index (χ1n) is 7.12. The molecule has 1 aliphatic heterocycles. The highest BCUT2D eigenvalue weighted by molar-refractivity contribution is 5.80. The Balaban J connectivity index is 2.37. The fourth-order valence-electron chi connectivity index (χ4n) is 2.30. The highest BCUT2D eigenvalue weighted by atomic mass is 16.5. The third-order valence-electron chi connectivity index (χ3n) is 3.55. The number of ether oxygens (including phenoxy) is 1. The van der Waals surface area contributed by atoms with Crippen molar-refractivity contribution in [3.63, 3.8) is 0 Å². The summed E-state index contributed by atoms with van der Waals surface area (Å²) < 4.78 is 4.80. The summed E-state index contributed by atoms with van der Waals surface area (Å²) in [7, 11) is 3.27. The highest BCUT2D eigenvalue weighted by Gasteiger charge is 2.26. The molecule has 19 heavy (non-hydrogen) atoms. The van der Waals surface area contributed by atoms with Crippen molar-refractivity contribution in [3.05, 3.63) is 0 Å². The molecule has 1 aliphatic rings. The lowest BCUT2D eigenvalue weighted by Crippen LogP contribution is -2.47. The molecule has 1 fully saturated rings. The summed E-state index contributed by atoms with van der Waals surface area (Å²) in [4.78, 5) is 18.0. The molecule has 1 N–H and O–H groups in total. The van der Waals surface area contributed by atoms with E-state index in [2.05, 4.69) is 29.1 Å². The van der Waals surface area contributed by atoms with Gasteiger partial charge in [-0.2, -0.15) is 0 Å². The van der Waals surface area contributed by atoms with Crippen LogP contribution in [-0.2, 0) is 9.53 Å². The van der Waals surface area contributed by atoms with Crippen molar-refractivity contribution in [3.8, 4) is 0 Å². The maximum atomic E-state index is 11.5. The number of hydrogen-bond donors (Lipinski definition) is 1. The van der Waals surface area contributed by atoms with Gasteiger partial charge in [0.15, 0.2) is 5.96 Å².